The van der Waals surface area contributed by atoms with Crippen molar-refractivity contribution < 1.29 is 14.1 Å². The second-order valence-corrected chi connectivity index (χ2v) is 7.33. The van der Waals surface area contributed by atoms with Crippen LogP contribution in [-0.2, 0) is 4.74 Å². The number of para-hydroxylation sites is 1. The number of esters is 1. The van der Waals surface area contributed by atoms with E-state index in [1.807, 2.05) is 0 Å². The van der Waals surface area contributed by atoms with Crippen LogP contribution >= 0.6 is 0 Å². The predicted molar refractivity (Wildman–Crippen MR) is 105 cm³/mol. The minimum Gasteiger partial charge on any atom is -0.451 e. The van der Waals surface area contributed by atoms with E-state index in [1.165, 1.54) is 0 Å². The van der Waals surface area contributed by atoms with Gasteiger partial charge in [0.15, 0.2) is 11.9 Å². The zero-order valence-electron chi connectivity index (χ0n) is 15.9. The maximum Gasteiger partial charge on any atom is 0.339 e. The van der Waals surface area contributed by atoms with Gasteiger partial charge in [-0.25, -0.2) is 14.8 Å². The number of ether oxygens (including phenoxy) is 1. The average Bonchev–Trinajstić information content (AvgIpc) is 3.50. The summed E-state index contributed by atoms with van der Waals surface area (Å²) in [6, 6.07) is 8.78. The van der Waals surface area contributed by atoms with Crippen molar-refractivity contribution in [1.29, 1.82) is 0 Å². The molecule has 1 aliphatic carbocycles. The maximum absolute atomic E-state index is 13.0. The number of rotatable bonds is 4. The monoisotopic (exact) mass is 390 g/mol. The third-order valence-corrected chi connectivity index (χ3v) is 5.15. The van der Waals surface area contributed by atoms with Crippen LogP contribution in [0.2, 0.25) is 0 Å². The number of hydrogen-bond acceptors (Lipinski definition) is 7. The standard InChI is InChI=1S/C21H18N4O4/c1-10-17-14(9-16(12-7-8-12)23-20(17)29-25-10)21(27)28-11(2)18-22-15-6-4-3-5-13(15)19(26)24-18/h3-6,9,11-12H,7-8H2,1-2H3,(H,22,24,26). The fraction of sp³-hybridized carbons (Fsp3) is 0.286. The lowest BCUT2D eigenvalue weighted by molar-refractivity contribution is 0.0322. The van der Waals surface area contributed by atoms with E-state index in [-0.39, 0.29) is 11.4 Å². The Morgan fingerprint density at radius 2 is 2.07 bits per heavy atom. The number of aromatic nitrogens is 4. The quantitative estimate of drug-likeness (QED) is 0.530. The highest BCUT2D eigenvalue weighted by Crippen LogP contribution is 2.40. The van der Waals surface area contributed by atoms with E-state index in [0.29, 0.717) is 39.2 Å². The second-order valence-electron chi connectivity index (χ2n) is 7.33. The minimum atomic E-state index is -0.743. The largest absolute Gasteiger partial charge is 0.451 e. The Kier molecular flexibility index (Phi) is 3.94. The number of hydrogen-bond donors (Lipinski definition) is 1. The summed E-state index contributed by atoms with van der Waals surface area (Å²) in [4.78, 5) is 36.9. The molecule has 1 N–H and O–H groups in total. The summed E-state index contributed by atoms with van der Waals surface area (Å²) in [5.74, 6) is 0.0954. The van der Waals surface area contributed by atoms with E-state index < -0.39 is 12.1 Å². The van der Waals surface area contributed by atoms with Gasteiger partial charge in [0, 0.05) is 11.6 Å². The number of nitrogens with zero attached hydrogens (tertiary/aromatic N) is 3. The lowest BCUT2D eigenvalue weighted by atomic mass is 10.1. The number of carbonyl (C=O) groups excluding carboxylic acids is 1. The molecule has 146 valence electrons. The highest BCUT2D eigenvalue weighted by molar-refractivity contribution is 6.03. The van der Waals surface area contributed by atoms with Gasteiger partial charge in [0.05, 0.1) is 27.5 Å². The summed E-state index contributed by atoms with van der Waals surface area (Å²) in [5, 5.41) is 4.97. The Morgan fingerprint density at radius 3 is 2.86 bits per heavy atom. The summed E-state index contributed by atoms with van der Waals surface area (Å²) in [5.41, 5.74) is 2.36. The van der Waals surface area contributed by atoms with Crippen LogP contribution in [0.4, 0.5) is 0 Å². The smallest absolute Gasteiger partial charge is 0.339 e. The highest BCUT2D eigenvalue weighted by atomic mass is 16.5. The van der Waals surface area contributed by atoms with Gasteiger partial charge in [0.1, 0.15) is 0 Å². The van der Waals surface area contributed by atoms with Gasteiger partial charge >= 0.3 is 5.97 Å². The molecule has 8 nitrogen and oxygen atoms in total. The summed E-state index contributed by atoms with van der Waals surface area (Å²) >= 11 is 0. The Bertz CT molecular complexity index is 1320. The SMILES string of the molecule is Cc1noc2nc(C3CC3)cc(C(=O)OC(C)c3nc4ccccc4c(=O)[nH]3)c12. The minimum absolute atomic E-state index is 0.273. The Hall–Kier alpha value is -3.55. The molecule has 4 aromatic rings. The van der Waals surface area contributed by atoms with Crippen molar-refractivity contribution >= 4 is 28.0 Å². The third kappa shape index (κ3) is 3.06. The van der Waals surface area contributed by atoms with E-state index >= 15 is 0 Å². The molecule has 29 heavy (non-hydrogen) atoms. The summed E-state index contributed by atoms with van der Waals surface area (Å²) in [7, 11) is 0. The van der Waals surface area contributed by atoms with E-state index in [1.54, 1.807) is 44.2 Å². The number of aromatic amines is 1. The van der Waals surface area contributed by atoms with E-state index in [4.69, 9.17) is 9.26 Å². The van der Waals surface area contributed by atoms with E-state index in [9.17, 15) is 9.59 Å². The number of aryl methyl sites for hydroxylation is 1. The molecule has 3 heterocycles. The van der Waals surface area contributed by atoms with Crippen LogP contribution in [0, 0.1) is 6.92 Å². The zero-order chi connectivity index (χ0) is 20.1. The first-order valence-corrected chi connectivity index (χ1v) is 9.48. The maximum atomic E-state index is 13.0. The van der Waals surface area contributed by atoms with Crippen LogP contribution in [0.15, 0.2) is 39.6 Å². The average molecular weight is 390 g/mol. The van der Waals surface area contributed by atoms with Crippen LogP contribution in [-0.4, -0.2) is 26.1 Å². The molecular weight excluding hydrogens is 372 g/mol. The lowest BCUT2D eigenvalue weighted by Gasteiger charge is -2.14. The fourth-order valence-electron chi connectivity index (χ4n) is 3.44. The van der Waals surface area contributed by atoms with Crippen molar-refractivity contribution in [3.05, 3.63) is 63.5 Å². The molecule has 5 rings (SSSR count). The molecule has 0 spiro atoms. The fourth-order valence-corrected chi connectivity index (χ4v) is 3.44. The van der Waals surface area contributed by atoms with E-state index in [0.717, 1.165) is 18.5 Å². The molecule has 0 amide bonds. The molecule has 8 heteroatoms. The normalized spacial score (nSPS) is 15.0. The van der Waals surface area contributed by atoms with Gasteiger partial charge in [-0.3, -0.25) is 4.79 Å². The molecule has 1 atom stereocenters. The molecule has 3 aromatic heterocycles. The highest BCUT2D eigenvalue weighted by Gasteiger charge is 2.29. The van der Waals surface area contributed by atoms with Gasteiger partial charge in [0.2, 0.25) is 0 Å². The number of H-pyrrole nitrogens is 1. The molecule has 0 radical (unpaired) electrons. The summed E-state index contributed by atoms with van der Waals surface area (Å²) in [6.07, 6.45) is 1.34. The Balaban J connectivity index is 1.50. The van der Waals surface area contributed by atoms with E-state index in [2.05, 4.69) is 20.1 Å². The first kappa shape index (κ1) is 17.5. The number of nitrogens with one attached hydrogen (secondary N) is 1. The number of carbonyl (C=O) groups is 1. The van der Waals surface area contributed by atoms with Crippen molar-refractivity contribution in [3.63, 3.8) is 0 Å². The van der Waals surface area contributed by atoms with Gasteiger partial charge in [-0.05, 0) is 44.9 Å². The lowest BCUT2D eigenvalue weighted by Crippen LogP contribution is -2.17. The van der Waals surface area contributed by atoms with Crippen molar-refractivity contribution in [2.45, 2.75) is 38.7 Å². The van der Waals surface area contributed by atoms with Gasteiger partial charge in [0.25, 0.3) is 11.3 Å². The molecule has 1 saturated carbocycles. The summed E-state index contributed by atoms with van der Waals surface area (Å²) in [6.45, 7) is 3.43. The molecule has 1 unspecified atom stereocenters. The number of benzene rings is 1. The van der Waals surface area contributed by atoms with Crippen molar-refractivity contribution in [1.82, 2.24) is 20.1 Å². The second kappa shape index (κ2) is 6.51. The first-order valence-electron chi connectivity index (χ1n) is 9.48. The van der Waals surface area contributed by atoms with Gasteiger partial charge in [-0.1, -0.05) is 17.3 Å². The zero-order valence-corrected chi connectivity index (χ0v) is 15.9. The van der Waals surface area contributed by atoms with Crippen molar-refractivity contribution in [2.24, 2.45) is 0 Å². The number of pyridine rings is 1. The molecular formula is C21H18N4O4. The van der Waals surface area contributed by atoms with Crippen molar-refractivity contribution in [2.75, 3.05) is 0 Å². The summed E-state index contributed by atoms with van der Waals surface area (Å²) < 4.78 is 10.9. The van der Waals surface area contributed by atoms with Gasteiger partial charge in [-0.15, -0.1) is 0 Å². The first-order chi connectivity index (χ1) is 14.0. The van der Waals surface area contributed by atoms with Crippen molar-refractivity contribution in [3.8, 4) is 0 Å². The molecule has 0 saturated heterocycles. The number of fused-ring (bicyclic) bond motifs is 2. The Labute approximate surface area is 164 Å². The van der Waals surface area contributed by atoms with Crippen LogP contribution in [0.1, 0.15) is 59.4 Å². The molecule has 0 bridgehead atoms. The Morgan fingerprint density at radius 1 is 1.28 bits per heavy atom. The third-order valence-electron chi connectivity index (χ3n) is 5.15. The van der Waals surface area contributed by atoms with Crippen LogP contribution in [0.5, 0.6) is 0 Å². The molecule has 1 aromatic carbocycles. The van der Waals surface area contributed by atoms with Crippen LogP contribution in [0.3, 0.4) is 0 Å². The van der Waals surface area contributed by atoms with Crippen LogP contribution < -0.4 is 5.56 Å². The predicted octanol–water partition coefficient (Wildman–Crippen LogP) is 3.56. The molecule has 0 aliphatic heterocycles. The van der Waals surface area contributed by atoms with Gasteiger partial charge < -0.3 is 14.2 Å². The van der Waals surface area contributed by atoms with Crippen LogP contribution in [0.25, 0.3) is 22.0 Å². The molecule has 1 fully saturated rings. The molecule has 1 aliphatic rings. The van der Waals surface area contributed by atoms with Gasteiger partial charge in [-0.2, -0.15) is 0 Å². The topological polar surface area (TPSA) is 111 Å².